The van der Waals surface area contributed by atoms with Crippen molar-refractivity contribution in [1.82, 2.24) is 10.6 Å². The monoisotopic (exact) mass is 314 g/mol. The molecule has 0 saturated heterocycles. The Bertz CT molecular complexity index is 647. The summed E-state index contributed by atoms with van der Waals surface area (Å²) in [5.41, 5.74) is 3.30. The van der Waals surface area contributed by atoms with Gasteiger partial charge < -0.3 is 15.1 Å². The summed E-state index contributed by atoms with van der Waals surface area (Å²) in [4.78, 5) is 12.0. The van der Waals surface area contributed by atoms with Gasteiger partial charge in [-0.15, -0.1) is 0 Å². The number of rotatable bonds is 8. The van der Waals surface area contributed by atoms with E-state index in [9.17, 15) is 4.79 Å². The zero-order valence-corrected chi connectivity index (χ0v) is 14.2. The van der Waals surface area contributed by atoms with Gasteiger partial charge in [-0.3, -0.25) is 4.79 Å². The molecule has 1 heterocycles. The van der Waals surface area contributed by atoms with Crippen LogP contribution in [-0.4, -0.2) is 19.0 Å². The van der Waals surface area contributed by atoms with Gasteiger partial charge in [0.05, 0.1) is 5.56 Å². The Morgan fingerprint density at radius 3 is 2.61 bits per heavy atom. The molecule has 0 bridgehead atoms. The van der Waals surface area contributed by atoms with Crippen LogP contribution >= 0.6 is 0 Å². The maximum atomic E-state index is 12.0. The van der Waals surface area contributed by atoms with Gasteiger partial charge in [-0.25, -0.2) is 0 Å². The van der Waals surface area contributed by atoms with E-state index in [0.717, 1.165) is 31.7 Å². The van der Waals surface area contributed by atoms with Crippen molar-refractivity contribution in [1.29, 1.82) is 0 Å². The van der Waals surface area contributed by atoms with Gasteiger partial charge in [-0.1, -0.05) is 31.2 Å². The van der Waals surface area contributed by atoms with Gasteiger partial charge in [-0.2, -0.15) is 0 Å². The summed E-state index contributed by atoms with van der Waals surface area (Å²) < 4.78 is 5.38. The first-order chi connectivity index (χ1) is 11.1. The third-order valence-electron chi connectivity index (χ3n) is 3.83. The number of aryl methyl sites for hydroxylation is 3. The Morgan fingerprint density at radius 2 is 1.91 bits per heavy atom. The molecule has 2 aromatic rings. The van der Waals surface area contributed by atoms with Gasteiger partial charge in [0.25, 0.3) is 5.91 Å². The molecule has 4 heteroatoms. The van der Waals surface area contributed by atoms with Crippen molar-refractivity contribution in [2.45, 2.75) is 40.2 Å². The highest BCUT2D eigenvalue weighted by Crippen LogP contribution is 2.13. The lowest BCUT2D eigenvalue weighted by atomic mass is 10.1. The maximum absolute atomic E-state index is 12.0. The Labute approximate surface area is 138 Å². The van der Waals surface area contributed by atoms with Crippen molar-refractivity contribution in [2.75, 3.05) is 13.1 Å². The smallest absolute Gasteiger partial charge is 0.254 e. The quantitative estimate of drug-likeness (QED) is 0.735. The molecule has 0 unspecified atom stereocenters. The van der Waals surface area contributed by atoms with Crippen molar-refractivity contribution in [2.24, 2.45) is 0 Å². The minimum atomic E-state index is -0.0602. The molecule has 0 spiro atoms. The lowest BCUT2D eigenvalue weighted by Gasteiger charge is -2.07. The normalized spacial score (nSPS) is 10.7. The fourth-order valence-corrected chi connectivity index (χ4v) is 2.56. The second-order valence-corrected chi connectivity index (χ2v) is 5.79. The van der Waals surface area contributed by atoms with E-state index in [1.807, 2.05) is 13.8 Å². The fourth-order valence-electron chi connectivity index (χ4n) is 2.56. The zero-order chi connectivity index (χ0) is 16.7. The summed E-state index contributed by atoms with van der Waals surface area (Å²) in [5.74, 6) is 1.38. The van der Waals surface area contributed by atoms with E-state index in [4.69, 9.17) is 4.42 Å². The van der Waals surface area contributed by atoms with Gasteiger partial charge in [0.15, 0.2) is 0 Å². The number of hydrogen-bond acceptors (Lipinski definition) is 3. The first-order valence-corrected chi connectivity index (χ1v) is 8.24. The van der Waals surface area contributed by atoms with Crippen LogP contribution in [0.15, 0.2) is 34.7 Å². The van der Waals surface area contributed by atoms with Gasteiger partial charge in [0.1, 0.15) is 11.5 Å². The number of carbonyl (C=O) groups is 1. The van der Waals surface area contributed by atoms with Crippen molar-refractivity contribution < 1.29 is 9.21 Å². The van der Waals surface area contributed by atoms with Crippen LogP contribution in [0.1, 0.15) is 46.3 Å². The molecule has 0 saturated carbocycles. The van der Waals surface area contributed by atoms with Gasteiger partial charge >= 0.3 is 0 Å². The Hall–Kier alpha value is -2.07. The van der Waals surface area contributed by atoms with Gasteiger partial charge in [-0.05, 0) is 50.4 Å². The van der Waals surface area contributed by atoms with Crippen molar-refractivity contribution in [3.8, 4) is 0 Å². The summed E-state index contributed by atoms with van der Waals surface area (Å²) in [6.07, 6.45) is 1.96. The van der Waals surface area contributed by atoms with Gasteiger partial charge in [0.2, 0.25) is 0 Å². The molecule has 124 valence electrons. The van der Waals surface area contributed by atoms with Crippen LogP contribution in [-0.2, 0) is 13.0 Å². The number of hydrogen-bond donors (Lipinski definition) is 2. The van der Waals surface area contributed by atoms with Gasteiger partial charge in [0, 0.05) is 13.1 Å². The molecule has 1 aromatic heterocycles. The second-order valence-electron chi connectivity index (χ2n) is 5.79. The third kappa shape index (κ3) is 5.25. The molecule has 0 fully saturated rings. The maximum Gasteiger partial charge on any atom is 0.254 e. The molecule has 2 rings (SSSR count). The van der Waals surface area contributed by atoms with Crippen LogP contribution in [0.5, 0.6) is 0 Å². The van der Waals surface area contributed by atoms with Crippen LogP contribution < -0.4 is 10.6 Å². The van der Waals surface area contributed by atoms with Crippen molar-refractivity contribution >= 4 is 5.91 Å². The molecule has 0 aliphatic rings. The number of nitrogens with one attached hydrogen (secondary N) is 2. The van der Waals surface area contributed by atoms with Crippen LogP contribution in [0.3, 0.4) is 0 Å². The highest BCUT2D eigenvalue weighted by molar-refractivity contribution is 5.95. The third-order valence-corrected chi connectivity index (χ3v) is 3.83. The van der Waals surface area contributed by atoms with Crippen LogP contribution in [0, 0.1) is 13.8 Å². The molecule has 1 amide bonds. The Balaban J connectivity index is 1.64. The zero-order valence-electron chi connectivity index (χ0n) is 14.2. The number of amides is 1. The minimum absolute atomic E-state index is 0.0602. The number of benzene rings is 1. The van der Waals surface area contributed by atoms with Crippen LogP contribution in [0.25, 0.3) is 0 Å². The highest BCUT2D eigenvalue weighted by Gasteiger charge is 2.12. The summed E-state index contributed by atoms with van der Waals surface area (Å²) in [7, 11) is 0. The summed E-state index contributed by atoms with van der Waals surface area (Å²) >= 11 is 0. The van der Waals surface area contributed by atoms with E-state index in [1.165, 1.54) is 11.1 Å². The molecule has 1 aromatic carbocycles. The van der Waals surface area contributed by atoms with E-state index in [2.05, 4.69) is 41.8 Å². The molecule has 4 nitrogen and oxygen atoms in total. The SMILES string of the molecule is CCc1cccc(CNCCCNC(=O)c2cc(C)oc2C)c1. The van der Waals surface area contributed by atoms with E-state index in [-0.39, 0.29) is 5.91 Å². The topological polar surface area (TPSA) is 54.3 Å². The van der Waals surface area contributed by atoms with E-state index in [1.54, 1.807) is 6.07 Å². The second kappa shape index (κ2) is 8.53. The predicted octanol–water partition coefficient (Wildman–Crippen LogP) is 3.37. The van der Waals surface area contributed by atoms with Crippen LogP contribution in [0.4, 0.5) is 0 Å². The molecular formula is C19H26N2O2. The number of carbonyl (C=O) groups excluding carboxylic acids is 1. The average Bonchev–Trinajstić information content (AvgIpc) is 2.89. The lowest BCUT2D eigenvalue weighted by Crippen LogP contribution is -2.27. The molecule has 0 aliphatic heterocycles. The molecule has 2 N–H and O–H groups in total. The molecule has 23 heavy (non-hydrogen) atoms. The average molecular weight is 314 g/mol. The molecule has 0 radical (unpaired) electrons. The highest BCUT2D eigenvalue weighted by atomic mass is 16.3. The van der Waals surface area contributed by atoms with Crippen molar-refractivity contribution in [3.05, 3.63) is 58.5 Å². The summed E-state index contributed by atoms with van der Waals surface area (Å²) in [5, 5.41) is 6.34. The predicted molar refractivity (Wildman–Crippen MR) is 92.7 cm³/mol. The molecule has 0 atom stereocenters. The molecular weight excluding hydrogens is 288 g/mol. The summed E-state index contributed by atoms with van der Waals surface area (Å²) in [6, 6.07) is 10.4. The number of furan rings is 1. The van der Waals surface area contributed by atoms with E-state index >= 15 is 0 Å². The summed E-state index contributed by atoms with van der Waals surface area (Å²) in [6.45, 7) is 8.22. The lowest BCUT2D eigenvalue weighted by molar-refractivity contribution is 0.0951. The first-order valence-electron chi connectivity index (χ1n) is 8.24. The Kier molecular flexibility index (Phi) is 6.41. The van der Waals surface area contributed by atoms with Crippen molar-refractivity contribution in [3.63, 3.8) is 0 Å². The van der Waals surface area contributed by atoms with E-state index < -0.39 is 0 Å². The minimum Gasteiger partial charge on any atom is -0.466 e. The fraction of sp³-hybridized carbons (Fsp3) is 0.421. The largest absolute Gasteiger partial charge is 0.466 e. The van der Waals surface area contributed by atoms with E-state index in [0.29, 0.717) is 17.9 Å². The van der Waals surface area contributed by atoms with Crippen LogP contribution in [0.2, 0.25) is 0 Å². The Morgan fingerprint density at radius 1 is 1.13 bits per heavy atom. The molecule has 0 aliphatic carbocycles. The first kappa shape index (κ1) is 17.3. The standard InChI is InChI=1S/C19H26N2O2/c1-4-16-7-5-8-17(12-16)13-20-9-6-10-21-19(22)18-11-14(2)23-15(18)3/h5,7-8,11-12,20H,4,6,9-10,13H2,1-3H3,(H,21,22).